The minimum Gasteiger partial charge on any atom is -0.379 e. The monoisotopic (exact) mass is 879 g/mol. The van der Waals surface area contributed by atoms with Gasteiger partial charge in [-0.25, -0.2) is 18.4 Å². The second-order valence-electron chi connectivity index (χ2n) is 15.0. The molecule has 316 valence electrons. The van der Waals surface area contributed by atoms with Gasteiger partial charge in [-0.1, -0.05) is 41.9 Å². The summed E-state index contributed by atoms with van der Waals surface area (Å²) in [7, 11) is -4.28. The van der Waals surface area contributed by atoms with E-state index in [1.165, 1.54) is 18.5 Å². The number of sulfonamides is 1. The number of thioether (sulfide) groups is 1. The Balaban J connectivity index is 0.934. The van der Waals surface area contributed by atoms with E-state index in [2.05, 4.69) is 39.7 Å². The average Bonchev–Trinajstić information content (AvgIpc) is 3.28. The van der Waals surface area contributed by atoms with Gasteiger partial charge in [0.1, 0.15) is 12.0 Å². The molecule has 17 heteroatoms. The summed E-state index contributed by atoms with van der Waals surface area (Å²) >= 11 is 7.80. The second kappa shape index (κ2) is 19.6. The Bertz CT molecular complexity index is 2560. The van der Waals surface area contributed by atoms with Crippen LogP contribution >= 0.6 is 23.4 Å². The molecule has 1 atom stereocenters. The molecule has 2 aromatic heterocycles. The zero-order chi connectivity index (χ0) is 42.2. The van der Waals surface area contributed by atoms with E-state index >= 15 is 0 Å². The highest BCUT2D eigenvalue weighted by Crippen LogP contribution is 2.33. The van der Waals surface area contributed by atoms with Gasteiger partial charge in [0.2, 0.25) is 0 Å². The summed E-state index contributed by atoms with van der Waals surface area (Å²) in [6, 6.07) is 29.4. The van der Waals surface area contributed by atoms with Gasteiger partial charge in [0.05, 0.1) is 28.5 Å². The fraction of sp³-hybridized carbons (Fsp3) is 0.295. The predicted octanol–water partition coefficient (Wildman–Crippen LogP) is 7.67. The molecule has 0 bridgehead atoms. The molecule has 14 nitrogen and oxygen atoms in total. The first-order chi connectivity index (χ1) is 29.7. The van der Waals surface area contributed by atoms with Crippen LogP contribution in [-0.2, 0) is 21.3 Å². The third-order valence-corrected chi connectivity index (χ3v) is 13.7. The third kappa shape index (κ3) is 10.8. The van der Waals surface area contributed by atoms with Crippen molar-refractivity contribution < 1.29 is 18.1 Å². The van der Waals surface area contributed by atoms with Gasteiger partial charge in [-0.2, -0.15) is 0 Å². The van der Waals surface area contributed by atoms with Gasteiger partial charge in [-0.3, -0.25) is 29.6 Å². The van der Waals surface area contributed by atoms with E-state index in [0.717, 1.165) is 92.1 Å². The van der Waals surface area contributed by atoms with E-state index in [1.54, 1.807) is 11.8 Å². The first-order valence-electron chi connectivity index (χ1n) is 20.2. The number of ether oxygens (including phenoxy) is 1. The Hall–Kier alpha value is -5.36. The van der Waals surface area contributed by atoms with E-state index in [-0.39, 0.29) is 28.1 Å². The van der Waals surface area contributed by atoms with Crippen molar-refractivity contribution >= 4 is 67.2 Å². The molecule has 1 unspecified atom stereocenters. The maximum atomic E-state index is 13.8. The molecular formula is C44H46ClN9O5S2. The van der Waals surface area contributed by atoms with Crippen LogP contribution in [0.15, 0.2) is 126 Å². The van der Waals surface area contributed by atoms with E-state index in [0.29, 0.717) is 34.9 Å². The van der Waals surface area contributed by atoms with Crippen LogP contribution in [0.3, 0.4) is 0 Å². The van der Waals surface area contributed by atoms with Crippen LogP contribution < -0.4 is 14.9 Å². The van der Waals surface area contributed by atoms with Crippen molar-refractivity contribution in [2.24, 2.45) is 0 Å². The van der Waals surface area contributed by atoms with Gasteiger partial charge in [0, 0.05) is 104 Å². The highest BCUT2D eigenvalue weighted by atomic mass is 35.5. The van der Waals surface area contributed by atoms with Crippen molar-refractivity contribution in [2.75, 3.05) is 79.7 Å². The summed E-state index contributed by atoms with van der Waals surface area (Å²) in [5.41, 5.74) is 4.84. The lowest BCUT2D eigenvalue weighted by molar-refractivity contribution is -0.384. The number of nitro benzene ring substituents is 1. The van der Waals surface area contributed by atoms with Gasteiger partial charge in [0.25, 0.3) is 15.7 Å². The molecule has 8 rings (SSSR count). The SMILES string of the molecule is O=[N+]([O-])c1cc(S(=O)(=O)Nc2ncnc3cc(N4CCN(Cc5cnccc5-c5ccc(Cl)cc5)CC4)ccc23)ccc1NC(CCN1CCOCC1)CSc1ccccc1. The number of pyridine rings is 1. The first kappa shape index (κ1) is 42.3. The topological polar surface area (TPSA) is 159 Å². The molecule has 0 radical (unpaired) electrons. The van der Waals surface area contributed by atoms with Crippen LogP contribution in [-0.4, -0.2) is 109 Å². The van der Waals surface area contributed by atoms with Crippen LogP contribution in [0.5, 0.6) is 0 Å². The summed E-state index contributed by atoms with van der Waals surface area (Å²) in [4.78, 5) is 32.9. The molecule has 2 fully saturated rings. The maximum Gasteiger partial charge on any atom is 0.293 e. The largest absolute Gasteiger partial charge is 0.379 e. The summed E-state index contributed by atoms with van der Waals surface area (Å²) < 4.78 is 35.7. The standard InChI is InChI=1S/C44H46ClN9O5S2/c45-34-8-6-32(7-9-34)39-14-16-46-28-33(39)29-52-18-20-53(21-19-52)36-10-12-40-42(26-36)47-31-48-44(40)50-61(57,58)38-11-13-41(43(27-38)54(55)56)49-35(15-17-51-22-24-59-25-23-51)30-60-37-4-2-1-3-5-37/h1-14,16,26-28,31,35,49H,15,17-25,29-30H2,(H,47,48,50). The second-order valence-corrected chi connectivity index (χ2v) is 18.2. The molecule has 2 aliphatic rings. The highest BCUT2D eigenvalue weighted by molar-refractivity contribution is 7.99. The van der Waals surface area contributed by atoms with Crippen molar-refractivity contribution in [3.05, 3.63) is 136 Å². The normalized spacial score (nSPS) is 15.7. The molecule has 0 spiro atoms. The quantitative estimate of drug-likeness (QED) is 0.0555. The molecule has 0 saturated carbocycles. The fourth-order valence-electron chi connectivity index (χ4n) is 7.62. The zero-order valence-corrected chi connectivity index (χ0v) is 35.8. The number of nitrogens with one attached hydrogen (secondary N) is 2. The molecule has 0 aliphatic carbocycles. The van der Waals surface area contributed by atoms with Crippen molar-refractivity contribution in [2.45, 2.75) is 28.8 Å². The number of nitrogens with zero attached hydrogens (tertiary/aromatic N) is 7. The lowest BCUT2D eigenvalue weighted by atomic mass is 10.0. The third-order valence-electron chi connectivity index (χ3n) is 11.0. The smallest absolute Gasteiger partial charge is 0.293 e. The highest BCUT2D eigenvalue weighted by Gasteiger charge is 2.26. The predicted molar refractivity (Wildman–Crippen MR) is 242 cm³/mol. The number of hydrogen-bond donors (Lipinski definition) is 2. The molecule has 0 amide bonds. The molecule has 2 aliphatic heterocycles. The number of fused-ring (bicyclic) bond motifs is 1. The number of benzene rings is 4. The Morgan fingerprint density at radius 3 is 2.44 bits per heavy atom. The number of anilines is 3. The minimum atomic E-state index is -4.28. The summed E-state index contributed by atoms with van der Waals surface area (Å²) in [6.45, 7) is 7.84. The molecule has 2 N–H and O–H groups in total. The number of nitro groups is 1. The van der Waals surface area contributed by atoms with E-state index in [4.69, 9.17) is 16.3 Å². The lowest BCUT2D eigenvalue weighted by Crippen LogP contribution is -2.46. The Morgan fingerprint density at radius 2 is 1.67 bits per heavy atom. The number of aromatic nitrogens is 3. The molecule has 2 saturated heterocycles. The van der Waals surface area contributed by atoms with Gasteiger partial charge < -0.3 is 15.0 Å². The number of rotatable bonds is 16. The van der Waals surface area contributed by atoms with Crippen LogP contribution in [0.4, 0.5) is 22.9 Å². The number of halogens is 1. The number of hydrogen-bond acceptors (Lipinski definition) is 13. The summed E-state index contributed by atoms with van der Waals surface area (Å²) in [6.07, 6.45) is 5.78. The first-order valence-corrected chi connectivity index (χ1v) is 23.0. The molecule has 6 aromatic rings. The Labute approximate surface area is 364 Å². The number of morpholine rings is 1. The zero-order valence-electron chi connectivity index (χ0n) is 33.4. The van der Waals surface area contributed by atoms with Crippen molar-refractivity contribution in [1.29, 1.82) is 0 Å². The molecular weight excluding hydrogens is 834 g/mol. The number of piperazine rings is 1. The Kier molecular flexibility index (Phi) is 13.6. The summed E-state index contributed by atoms with van der Waals surface area (Å²) in [5, 5.41) is 17.0. The molecule has 4 heterocycles. The van der Waals surface area contributed by atoms with Crippen LogP contribution in [0.2, 0.25) is 5.02 Å². The molecule has 61 heavy (non-hydrogen) atoms. The van der Waals surface area contributed by atoms with Gasteiger partial charge in [0.15, 0.2) is 5.82 Å². The van der Waals surface area contributed by atoms with Gasteiger partial charge in [-0.05, 0) is 83.8 Å². The van der Waals surface area contributed by atoms with Crippen LogP contribution in [0, 0.1) is 10.1 Å². The van der Waals surface area contributed by atoms with Gasteiger partial charge >= 0.3 is 0 Å². The average molecular weight is 880 g/mol. The summed E-state index contributed by atoms with van der Waals surface area (Å²) in [5.74, 6) is 0.741. The van der Waals surface area contributed by atoms with Gasteiger partial charge in [-0.15, -0.1) is 11.8 Å². The molecule has 4 aromatic carbocycles. The van der Waals surface area contributed by atoms with E-state index in [9.17, 15) is 18.5 Å². The minimum absolute atomic E-state index is 0.0836. The van der Waals surface area contributed by atoms with E-state index in [1.807, 2.05) is 91.3 Å². The van der Waals surface area contributed by atoms with E-state index < -0.39 is 14.9 Å². The van der Waals surface area contributed by atoms with Crippen LogP contribution in [0.25, 0.3) is 22.0 Å². The van der Waals surface area contributed by atoms with Crippen molar-refractivity contribution in [3.8, 4) is 11.1 Å². The Morgan fingerprint density at radius 1 is 0.885 bits per heavy atom. The van der Waals surface area contributed by atoms with Crippen molar-refractivity contribution in [1.82, 2.24) is 24.8 Å². The van der Waals surface area contributed by atoms with Crippen LogP contribution in [0.1, 0.15) is 12.0 Å². The fourth-order valence-corrected chi connectivity index (χ4v) is 9.79. The maximum absolute atomic E-state index is 13.8. The van der Waals surface area contributed by atoms with Crippen molar-refractivity contribution in [3.63, 3.8) is 0 Å². The lowest BCUT2D eigenvalue weighted by Gasteiger charge is -2.36.